The summed E-state index contributed by atoms with van der Waals surface area (Å²) >= 11 is 1.16. The van der Waals surface area contributed by atoms with Crippen LogP contribution in [0.5, 0.6) is 11.5 Å². The molecule has 2 heterocycles. The summed E-state index contributed by atoms with van der Waals surface area (Å²) in [7, 11) is 0. The van der Waals surface area contributed by atoms with Crippen LogP contribution in [0.4, 0.5) is 0 Å². The van der Waals surface area contributed by atoms with E-state index in [4.69, 9.17) is 14.6 Å². The maximum atomic E-state index is 12.7. The number of amides is 1. The summed E-state index contributed by atoms with van der Waals surface area (Å²) in [5, 5.41) is 11.8. The molecule has 6 nitrogen and oxygen atoms in total. The van der Waals surface area contributed by atoms with Gasteiger partial charge in [-0.25, -0.2) is 4.79 Å². The Morgan fingerprint density at radius 2 is 1.88 bits per heavy atom. The first kappa shape index (κ1) is 17.3. The topological polar surface area (TPSA) is 84.9 Å². The molecule has 2 N–H and O–H groups in total. The quantitative estimate of drug-likeness (QED) is 0.855. The molecule has 1 aliphatic heterocycles. The Morgan fingerprint density at radius 1 is 1.16 bits per heavy atom. The third kappa shape index (κ3) is 3.61. The number of hydrogen-bond donors (Lipinski definition) is 2. The smallest absolute Gasteiger partial charge is 0.345 e. The number of fused-ring (bicyclic) bond motifs is 1. The zero-order valence-corrected chi connectivity index (χ0v) is 14.8. The van der Waals surface area contributed by atoms with Gasteiger partial charge in [-0.05, 0) is 43.7 Å². The maximum Gasteiger partial charge on any atom is 0.345 e. The van der Waals surface area contributed by atoms with Crippen molar-refractivity contribution in [3.8, 4) is 11.5 Å². The van der Waals surface area contributed by atoms with Crippen molar-refractivity contribution < 1.29 is 24.2 Å². The Balaban J connectivity index is 1.70. The van der Waals surface area contributed by atoms with Crippen LogP contribution in [0.15, 0.2) is 30.3 Å². The molecule has 0 aliphatic carbocycles. The van der Waals surface area contributed by atoms with E-state index in [1.807, 2.05) is 32.0 Å². The monoisotopic (exact) mass is 361 g/mol. The van der Waals surface area contributed by atoms with Gasteiger partial charge in [-0.2, -0.15) is 0 Å². The van der Waals surface area contributed by atoms with Gasteiger partial charge in [0.25, 0.3) is 0 Å². The van der Waals surface area contributed by atoms with E-state index in [0.717, 1.165) is 21.8 Å². The van der Waals surface area contributed by atoms with Gasteiger partial charge in [-0.1, -0.05) is 6.07 Å². The molecule has 2 aromatic rings. The third-order valence-corrected chi connectivity index (χ3v) is 5.20. The molecule has 1 aromatic carbocycles. The first-order valence-electron chi connectivity index (χ1n) is 7.88. The average Bonchev–Trinajstić information content (AvgIpc) is 3.08. The summed E-state index contributed by atoms with van der Waals surface area (Å²) in [6, 6.07) is 8.77. The molecule has 132 valence electrons. The van der Waals surface area contributed by atoms with Crippen molar-refractivity contribution >= 4 is 23.2 Å². The average molecular weight is 361 g/mol. The zero-order valence-electron chi connectivity index (χ0n) is 14.0. The molecule has 25 heavy (non-hydrogen) atoms. The molecule has 0 bridgehead atoms. The van der Waals surface area contributed by atoms with E-state index in [0.29, 0.717) is 31.3 Å². The van der Waals surface area contributed by atoms with E-state index in [2.05, 4.69) is 5.32 Å². The minimum Gasteiger partial charge on any atom is -0.486 e. The lowest BCUT2D eigenvalue weighted by Gasteiger charge is -2.26. The second kappa shape index (κ2) is 6.76. The highest BCUT2D eigenvalue weighted by Crippen LogP contribution is 2.35. The lowest BCUT2D eigenvalue weighted by molar-refractivity contribution is -0.125. The summed E-state index contributed by atoms with van der Waals surface area (Å²) in [6.45, 7) is 4.99. The summed E-state index contributed by atoms with van der Waals surface area (Å²) in [5.74, 6) is 0.230. The van der Waals surface area contributed by atoms with Crippen LogP contribution in [-0.4, -0.2) is 30.2 Å². The number of rotatable bonds is 5. The Morgan fingerprint density at radius 3 is 2.56 bits per heavy atom. The van der Waals surface area contributed by atoms with Crippen LogP contribution < -0.4 is 14.8 Å². The van der Waals surface area contributed by atoms with Crippen LogP contribution in [0.2, 0.25) is 0 Å². The van der Waals surface area contributed by atoms with Gasteiger partial charge in [0.15, 0.2) is 11.5 Å². The predicted octanol–water partition coefficient (Wildman–Crippen LogP) is 2.81. The van der Waals surface area contributed by atoms with Gasteiger partial charge in [0.2, 0.25) is 5.91 Å². The van der Waals surface area contributed by atoms with Crippen molar-refractivity contribution in [1.29, 1.82) is 0 Å². The minimum absolute atomic E-state index is 0.144. The Bertz CT molecular complexity index is 812. The molecule has 0 radical (unpaired) electrons. The fourth-order valence-electron chi connectivity index (χ4n) is 2.54. The van der Waals surface area contributed by atoms with E-state index < -0.39 is 11.4 Å². The van der Waals surface area contributed by atoms with E-state index in [-0.39, 0.29) is 10.8 Å². The number of nitrogens with one attached hydrogen (secondary N) is 1. The van der Waals surface area contributed by atoms with E-state index >= 15 is 0 Å². The zero-order chi connectivity index (χ0) is 18.0. The summed E-state index contributed by atoms with van der Waals surface area (Å²) in [6.07, 6.45) is 0. The molecular weight excluding hydrogens is 342 g/mol. The lowest BCUT2D eigenvalue weighted by atomic mass is 9.83. The molecular formula is C18H19NO5S. The molecule has 1 amide bonds. The van der Waals surface area contributed by atoms with Crippen LogP contribution in [-0.2, 0) is 16.8 Å². The minimum atomic E-state index is -0.959. The second-order valence-corrected chi connectivity index (χ2v) is 7.41. The number of thiophene rings is 1. The van der Waals surface area contributed by atoms with Crippen LogP contribution in [0.1, 0.15) is 34.0 Å². The van der Waals surface area contributed by atoms with E-state index in [1.165, 1.54) is 0 Å². The van der Waals surface area contributed by atoms with Crippen LogP contribution in [0, 0.1) is 0 Å². The van der Waals surface area contributed by atoms with Gasteiger partial charge < -0.3 is 19.9 Å². The van der Waals surface area contributed by atoms with E-state index in [1.54, 1.807) is 12.1 Å². The first-order chi connectivity index (χ1) is 11.9. The van der Waals surface area contributed by atoms with Crippen LogP contribution in [0.3, 0.4) is 0 Å². The van der Waals surface area contributed by atoms with Crippen molar-refractivity contribution in [2.45, 2.75) is 25.8 Å². The number of hydrogen-bond acceptors (Lipinski definition) is 5. The van der Waals surface area contributed by atoms with Crippen LogP contribution in [0.25, 0.3) is 0 Å². The number of carboxylic acid groups (broad SMARTS) is 1. The second-order valence-electron chi connectivity index (χ2n) is 6.24. The van der Waals surface area contributed by atoms with Crippen molar-refractivity contribution in [2.24, 2.45) is 0 Å². The molecule has 0 saturated carbocycles. The standard InChI is InChI=1S/C18H19NO5S/c1-18(2,11-3-5-13-14(9-11)24-8-7-23-13)17(22)19-10-12-4-6-15(25-12)16(20)21/h3-6,9H,7-8,10H2,1-2H3,(H,19,22)(H,20,21). The molecule has 7 heteroatoms. The number of ether oxygens (including phenoxy) is 2. The highest BCUT2D eigenvalue weighted by molar-refractivity contribution is 7.13. The summed E-state index contributed by atoms with van der Waals surface area (Å²) in [4.78, 5) is 24.6. The number of benzene rings is 1. The molecule has 0 atom stereocenters. The number of aromatic carboxylic acids is 1. The highest BCUT2D eigenvalue weighted by Gasteiger charge is 2.31. The van der Waals surface area contributed by atoms with Crippen LogP contribution >= 0.6 is 11.3 Å². The molecule has 0 saturated heterocycles. The van der Waals surface area contributed by atoms with Gasteiger partial charge in [-0.15, -0.1) is 11.3 Å². The Hall–Kier alpha value is -2.54. The first-order valence-corrected chi connectivity index (χ1v) is 8.70. The molecule has 0 unspecified atom stereocenters. The van der Waals surface area contributed by atoms with Gasteiger partial charge in [0, 0.05) is 4.88 Å². The van der Waals surface area contributed by atoms with Gasteiger partial charge in [-0.3, -0.25) is 4.79 Å². The molecule has 0 fully saturated rings. The highest BCUT2D eigenvalue weighted by atomic mass is 32.1. The summed E-state index contributed by atoms with van der Waals surface area (Å²) in [5.41, 5.74) is 0.0644. The Labute approximate surface area is 149 Å². The Kier molecular flexibility index (Phi) is 4.67. The predicted molar refractivity (Wildman–Crippen MR) is 93.6 cm³/mol. The SMILES string of the molecule is CC(C)(C(=O)NCc1ccc(C(=O)O)s1)c1ccc2c(c1)OCCO2. The third-order valence-electron chi connectivity index (χ3n) is 4.13. The number of carboxylic acids is 1. The molecule has 1 aliphatic rings. The lowest BCUT2D eigenvalue weighted by Crippen LogP contribution is -2.39. The number of carbonyl (C=O) groups is 2. The number of carbonyl (C=O) groups excluding carboxylic acids is 1. The van der Waals surface area contributed by atoms with Crippen molar-refractivity contribution in [3.63, 3.8) is 0 Å². The normalized spacial score (nSPS) is 13.4. The largest absolute Gasteiger partial charge is 0.486 e. The molecule has 1 aromatic heterocycles. The van der Waals surface area contributed by atoms with Gasteiger partial charge in [0.1, 0.15) is 18.1 Å². The van der Waals surface area contributed by atoms with Gasteiger partial charge >= 0.3 is 5.97 Å². The fraction of sp³-hybridized carbons (Fsp3) is 0.333. The summed E-state index contributed by atoms with van der Waals surface area (Å²) < 4.78 is 11.1. The molecule has 3 rings (SSSR count). The maximum absolute atomic E-state index is 12.7. The van der Waals surface area contributed by atoms with Crippen molar-refractivity contribution in [2.75, 3.05) is 13.2 Å². The van der Waals surface area contributed by atoms with Crippen molar-refractivity contribution in [3.05, 3.63) is 45.6 Å². The van der Waals surface area contributed by atoms with Gasteiger partial charge in [0.05, 0.1) is 12.0 Å². The van der Waals surface area contributed by atoms with E-state index in [9.17, 15) is 9.59 Å². The molecule has 0 spiro atoms. The van der Waals surface area contributed by atoms with Crippen molar-refractivity contribution in [1.82, 2.24) is 5.32 Å². The fourth-order valence-corrected chi connectivity index (χ4v) is 3.33.